The fourth-order valence-electron chi connectivity index (χ4n) is 3.51. The number of ether oxygens (including phenoxy) is 2. The zero-order valence-corrected chi connectivity index (χ0v) is 22.6. The molecule has 0 bridgehead atoms. The van der Waals surface area contributed by atoms with Crippen LogP contribution in [0.3, 0.4) is 0 Å². The van der Waals surface area contributed by atoms with Crippen molar-refractivity contribution in [3.63, 3.8) is 0 Å². The number of aliphatic imine (C=N–C) groups is 1. The van der Waals surface area contributed by atoms with Crippen molar-refractivity contribution in [1.82, 2.24) is 20.2 Å². The molecule has 1 aromatic heterocycles. The van der Waals surface area contributed by atoms with Crippen LogP contribution < -0.4 is 20.1 Å². The molecule has 0 aliphatic rings. The summed E-state index contributed by atoms with van der Waals surface area (Å²) in [4.78, 5) is 8.88. The predicted octanol–water partition coefficient (Wildman–Crippen LogP) is 4.64. The highest BCUT2D eigenvalue weighted by molar-refractivity contribution is 14.0. The molecule has 1 heterocycles. The lowest BCUT2D eigenvalue weighted by Crippen LogP contribution is -2.38. The number of imidazole rings is 1. The van der Waals surface area contributed by atoms with Crippen LogP contribution in [0.1, 0.15) is 37.5 Å². The first-order valence-corrected chi connectivity index (χ1v) is 11.7. The minimum absolute atomic E-state index is 0. The van der Waals surface area contributed by atoms with Gasteiger partial charge in [0.25, 0.3) is 0 Å². The summed E-state index contributed by atoms with van der Waals surface area (Å²) in [6, 6.07) is 14.7. The fourth-order valence-corrected chi connectivity index (χ4v) is 3.51. The molecule has 3 rings (SSSR count). The Morgan fingerprint density at radius 3 is 2.47 bits per heavy atom. The van der Waals surface area contributed by atoms with Crippen LogP contribution in [0.15, 0.2) is 66.2 Å². The average molecular weight is 578 g/mol. The lowest BCUT2D eigenvalue weighted by Gasteiger charge is -2.14. The zero-order valence-electron chi connectivity index (χ0n) is 20.3. The third-order valence-electron chi connectivity index (χ3n) is 4.99. The molecule has 0 atom stereocenters. The summed E-state index contributed by atoms with van der Waals surface area (Å²) >= 11 is 0. The van der Waals surface area contributed by atoms with E-state index in [1.807, 2.05) is 32.4 Å². The Kier molecular flexibility index (Phi) is 12.3. The summed E-state index contributed by atoms with van der Waals surface area (Å²) < 4.78 is 13.5. The van der Waals surface area contributed by atoms with Gasteiger partial charge in [0.1, 0.15) is 0 Å². The molecular weight excluding hydrogens is 541 g/mol. The molecule has 0 aliphatic heterocycles. The molecule has 2 aromatic carbocycles. The van der Waals surface area contributed by atoms with E-state index < -0.39 is 0 Å². The first kappa shape index (κ1) is 27.5. The van der Waals surface area contributed by atoms with Crippen molar-refractivity contribution >= 4 is 29.9 Å². The smallest absolute Gasteiger partial charge is 0.191 e. The molecule has 8 heteroatoms. The highest BCUT2D eigenvalue weighted by atomic mass is 127. The van der Waals surface area contributed by atoms with Gasteiger partial charge in [-0.25, -0.2) is 9.98 Å². The van der Waals surface area contributed by atoms with Crippen molar-refractivity contribution in [2.75, 3.05) is 26.3 Å². The molecule has 0 spiro atoms. The van der Waals surface area contributed by atoms with Crippen LogP contribution >= 0.6 is 24.0 Å². The Balaban J connectivity index is 0.00000408. The van der Waals surface area contributed by atoms with Gasteiger partial charge < -0.3 is 24.7 Å². The number of hydrogen-bond donors (Lipinski definition) is 2. The van der Waals surface area contributed by atoms with Gasteiger partial charge in [-0.3, -0.25) is 0 Å². The van der Waals surface area contributed by atoms with E-state index in [1.165, 1.54) is 16.7 Å². The van der Waals surface area contributed by atoms with Gasteiger partial charge in [0.05, 0.1) is 26.1 Å². The molecule has 7 nitrogen and oxygen atoms in total. The lowest BCUT2D eigenvalue weighted by molar-refractivity contribution is 0.287. The van der Waals surface area contributed by atoms with Crippen LogP contribution in [-0.4, -0.2) is 41.8 Å². The largest absolute Gasteiger partial charge is 0.490 e. The molecule has 0 unspecified atom stereocenters. The maximum absolute atomic E-state index is 5.74. The molecule has 0 amide bonds. The first-order valence-electron chi connectivity index (χ1n) is 11.7. The first-order chi connectivity index (χ1) is 16.2. The van der Waals surface area contributed by atoms with Gasteiger partial charge in [-0.05, 0) is 56.0 Å². The van der Waals surface area contributed by atoms with Crippen molar-refractivity contribution in [3.8, 4) is 11.5 Å². The Bertz CT molecular complexity index is 1010. The number of hydrogen-bond acceptors (Lipinski definition) is 4. The zero-order chi connectivity index (χ0) is 23.3. The van der Waals surface area contributed by atoms with E-state index in [4.69, 9.17) is 14.5 Å². The quantitative estimate of drug-likeness (QED) is 0.187. The van der Waals surface area contributed by atoms with Crippen LogP contribution in [0.25, 0.3) is 0 Å². The van der Waals surface area contributed by atoms with Gasteiger partial charge in [0, 0.05) is 32.0 Å². The maximum atomic E-state index is 5.74. The topological polar surface area (TPSA) is 72.7 Å². The highest BCUT2D eigenvalue weighted by Crippen LogP contribution is 2.28. The Morgan fingerprint density at radius 2 is 1.74 bits per heavy atom. The normalized spacial score (nSPS) is 11.0. The third-order valence-corrected chi connectivity index (χ3v) is 4.99. The summed E-state index contributed by atoms with van der Waals surface area (Å²) in [6.07, 6.45) is 6.46. The predicted molar refractivity (Wildman–Crippen MR) is 148 cm³/mol. The van der Waals surface area contributed by atoms with E-state index in [-0.39, 0.29) is 24.0 Å². The van der Waals surface area contributed by atoms with Gasteiger partial charge in [0.15, 0.2) is 17.5 Å². The van der Waals surface area contributed by atoms with Crippen LogP contribution in [0.4, 0.5) is 0 Å². The van der Waals surface area contributed by atoms with Crippen LogP contribution in [0.2, 0.25) is 0 Å². The second-order valence-electron chi connectivity index (χ2n) is 7.57. The fraction of sp³-hybridized carbons (Fsp3) is 0.385. The van der Waals surface area contributed by atoms with Crippen molar-refractivity contribution in [1.29, 1.82) is 0 Å². The molecule has 0 aliphatic carbocycles. The second kappa shape index (κ2) is 15.2. The van der Waals surface area contributed by atoms with E-state index in [0.29, 0.717) is 19.8 Å². The number of halogens is 1. The van der Waals surface area contributed by atoms with Crippen molar-refractivity contribution in [2.45, 2.75) is 40.3 Å². The molecular formula is C26H36IN5O2. The second-order valence-corrected chi connectivity index (χ2v) is 7.57. The molecule has 184 valence electrons. The molecule has 34 heavy (non-hydrogen) atoms. The van der Waals surface area contributed by atoms with E-state index >= 15 is 0 Å². The SMILES string of the molecule is CCNC(=NCc1cccc(Cn2ccnc2)c1)NCCc1ccc(OCC)c(OCC)c1.I. The van der Waals surface area contributed by atoms with Gasteiger partial charge in [-0.2, -0.15) is 0 Å². The Labute approximate surface area is 220 Å². The highest BCUT2D eigenvalue weighted by Gasteiger charge is 2.07. The molecule has 2 N–H and O–H groups in total. The van der Waals surface area contributed by atoms with E-state index in [1.54, 1.807) is 6.20 Å². The summed E-state index contributed by atoms with van der Waals surface area (Å²) in [5, 5.41) is 6.77. The minimum Gasteiger partial charge on any atom is -0.490 e. The lowest BCUT2D eigenvalue weighted by atomic mass is 10.1. The number of aromatic nitrogens is 2. The monoisotopic (exact) mass is 577 g/mol. The maximum Gasteiger partial charge on any atom is 0.191 e. The standard InChI is InChI=1S/C26H35N5O2.HI/c1-4-28-26(29-13-12-21-10-11-24(32-5-2)25(17-21)33-6-3)30-18-22-8-7-9-23(16-22)19-31-15-14-27-20-31;/h7-11,14-17,20H,4-6,12-13,18-19H2,1-3H3,(H2,28,29,30);1H. The van der Waals surface area contributed by atoms with Crippen molar-refractivity contribution < 1.29 is 9.47 Å². The molecule has 3 aromatic rings. The van der Waals surface area contributed by atoms with E-state index in [0.717, 1.165) is 43.5 Å². The number of guanidine groups is 1. The number of nitrogens with one attached hydrogen (secondary N) is 2. The van der Waals surface area contributed by atoms with Gasteiger partial charge in [0.2, 0.25) is 0 Å². The van der Waals surface area contributed by atoms with E-state index in [9.17, 15) is 0 Å². The van der Waals surface area contributed by atoms with Gasteiger partial charge in [-0.15, -0.1) is 24.0 Å². The molecule has 0 fully saturated rings. The third kappa shape index (κ3) is 8.89. The average Bonchev–Trinajstić information content (AvgIpc) is 3.33. The summed E-state index contributed by atoms with van der Waals surface area (Å²) in [6.45, 7) is 10.3. The molecule has 0 radical (unpaired) electrons. The summed E-state index contributed by atoms with van der Waals surface area (Å²) in [5.41, 5.74) is 3.61. The van der Waals surface area contributed by atoms with Gasteiger partial charge >= 0.3 is 0 Å². The van der Waals surface area contributed by atoms with E-state index in [2.05, 4.69) is 63.5 Å². The van der Waals surface area contributed by atoms with Crippen LogP contribution in [-0.2, 0) is 19.5 Å². The number of rotatable bonds is 12. The van der Waals surface area contributed by atoms with Crippen molar-refractivity contribution in [2.24, 2.45) is 4.99 Å². The summed E-state index contributed by atoms with van der Waals surface area (Å²) in [7, 11) is 0. The minimum atomic E-state index is 0. The Morgan fingerprint density at radius 1 is 0.941 bits per heavy atom. The Hall–Kier alpha value is -2.75. The molecule has 0 saturated heterocycles. The van der Waals surface area contributed by atoms with Crippen LogP contribution in [0, 0.1) is 0 Å². The van der Waals surface area contributed by atoms with Gasteiger partial charge in [-0.1, -0.05) is 30.3 Å². The number of benzene rings is 2. The summed E-state index contributed by atoms with van der Waals surface area (Å²) in [5.74, 6) is 2.41. The molecule has 0 saturated carbocycles. The number of nitrogens with zero attached hydrogens (tertiary/aromatic N) is 3. The van der Waals surface area contributed by atoms with Crippen LogP contribution in [0.5, 0.6) is 11.5 Å². The van der Waals surface area contributed by atoms with Crippen molar-refractivity contribution in [3.05, 3.63) is 77.9 Å².